The summed E-state index contributed by atoms with van der Waals surface area (Å²) < 4.78 is 6.92. The fraction of sp³-hybridized carbons (Fsp3) is 0.0476. The number of aryl methyl sites for hydroxylation is 1. The minimum atomic E-state index is -0.988. The van der Waals surface area contributed by atoms with Crippen molar-refractivity contribution in [2.45, 2.75) is 6.92 Å². The Bertz CT molecular complexity index is 1150. The Labute approximate surface area is 158 Å². The van der Waals surface area contributed by atoms with Gasteiger partial charge in [-0.1, -0.05) is 40.2 Å². The summed E-state index contributed by atoms with van der Waals surface area (Å²) in [5, 5.41) is 10.1. The molecular weight excluding hydrogens is 394 g/mol. The molecule has 2 aromatic heterocycles. The summed E-state index contributed by atoms with van der Waals surface area (Å²) in [7, 11) is 0. The number of hydrogen-bond donors (Lipinski definition) is 1. The molecule has 0 saturated heterocycles. The number of para-hydroxylation sites is 1. The quantitative estimate of drug-likeness (QED) is 0.456. The highest BCUT2D eigenvalue weighted by Gasteiger charge is 2.16. The molecule has 26 heavy (non-hydrogen) atoms. The first-order valence-corrected chi connectivity index (χ1v) is 8.82. The predicted molar refractivity (Wildman–Crippen MR) is 104 cm³/mol. The number of halogens is 1. The van der Waals surface area contributed by atoms with Gasteiger partial charge in [-0.25, -0.2) is 9.78 Å². The van der Waals surface area contributed by atoms with Crippen LogP contribution in [0.5, 0.6) is 0 Å². The van der Waals surface area contributed by atoms with Crippen molar-refractivity contribution in [1.82, 2.24) is 4.98 Å². The van der Waals surface area contributed by atoms with E-state index >= 15 is 0 Å². The zero-order valence-electron chi connectivity index (χ0n) is 13.9. The van der Waals surface area contributed by atoms with Gasteiger partial charge >= 0.3 is 5.97 Å². The maximum atomic E-state index is 11.6. The zero-order valence-corrected chi connectivity index (χ0v) is 15.4. The maximum absolute atomic E-state index is 11.6. The molecule has 0 aliphatic heterocycles. The number of carboxylic acid groups (broad SMARTS) is 1. The molecule has 5 heteroatoms. The average Bonchev–Trinajstić information content (AvgIpc) is 3.10. The van der Waals surface area contributed by atoms with Gasteiger partial charge in [-0.15, -0.1) is 0 Å². The lowest BCUT2D eigenvalue weighted by Crippen LogP contribution is -1.99. The molecular formula is C21H14BrNO3. The molecule has 0 aliphatic carbocycles. The third kappa shape index (κ3) is 2.91. The fourth-order valence-electron chi connectivity index (χ4n) is 2.92. The SMILES string of the molecule is Cc1ccc(-c2ccc(-c3cc(C(=O)O)c4ccccc4n3)o2)c(Br)c1. The van der Waals surface area contributed by atoms with Crippen LogP contribution < -0.4 is 0 Å². The molecule has 2 heterocycles. The summed E-state index contributed by atoms with van der Waals surface area (Å²) >= 11 is 3.56. The second kappa shape index (κ2) is 6.42. The summed E-state index contributed by atoms with van der Waals surface area (Å²) in [4.78, 5) is 16.2. The van der Waals surface area contributed by atoms with Gasteiger partial charge in [-0.3, -0.25) is 0 Å². The molecule has 0 amide bonds. The number of nitrogens with zero attached hydrogens (tertiary/aromatic N) is 1. The van der Waals surface area contributed by atoms with E-state index in [9.17, 15) is 9.90 Å². The molecule has 128 valence electrons. The number of rotatable bonds is 3. The highest BCUT2D eigenvalue weighted by atomic mass is 79.9. The van der Waals surface area contributed by atoms with Crippen LogP contribution in [-0.4, -0.2) is 16.1 Å². The van der Waals surface area contributed by atoms with Crippen LogP contribution in [0.15, 0.2) is 69.6 Å². The van der Waals surface area contributed by atoms with Crippen molar-refractivity contribution in [3.05, 3.63) is 76.3 Å². The topological polar surface area (TPSA) is 63.3 Å². The van der Waals surface area contributed by atoms with Crippen LogP contribution in [0.3, 0.4) is 0 Å². The van der Waals surface area contributed by atoms with E-state index in [4.69, 9.17) is 4.42 Å². The second-order valence-corrected chi connectivity index (χ2v) is 6.88. The number of carbonyl (C=O) groups is 1. The molecule has 0 fully saturated rings. The number of furan rings is 1. The lowest BCUT2D eigenvalue weighted by Gasteiger charge is -2.05. The normalized spacial score (nSPS) is 11.0. The van der Waals surface area contributed by atoms with Crippen LogP contribution in [0, 0.1) is 6.92 Å². The van der Waals surface area contributed by atoms with E-state index in [2.05, 4.69) is 20.9 Å². The molecule has 4 nitrogen and oxygen atoms in total. The number of fused-ring (bicyclic) bond motifs is 1. The molecule has 4 aromatic rings. The summed E-state index contributed by atoms with van der Waals surface area (Å²) in [5.41, 5.74) is 3.41. The Kier molecular flexibility index (Phi) is 4.09. The summed E-state index contributed by atoms with van der Waals surface area (Å²) in [6.45, 7) is 2.02. The van der Waals surface area contributed by atoms with Crippen LogP contribution >= 0.6 is 15.9 Å². The van der Waals surface area contributed by atoms with Crippen molar-refractivity contribution in [2.75, 3.05) is 0 Å². The molecule has 0 aliphatic rings. The third-order valence-corrected chi connectivity index (χ3v) is 4.85. The van der Waals surface area contributed by atoms with Crippen molar-refractivity contribution in [2.24, 2.45) is 0 Å². The predicted octanol–water partition coefficient (Wildman–Crippen LogP) is 5.93. The lowest BCUT2D eigenvalue weighted by molar-refractivity contribution is 0.0699. The number of benzene rings is 2. The molecule has 0 unspecified atom stereocenters. The smallest absolute Gasteiger partial charge is 0.336 e. The molecule has 2 aromatic carbocycles. The van der Waals surface area contributed by atoms with Crippen molar-refractivity contribution in [1.29, 1.82) is 0 Å². The van der Waals surface area contributed by atoms with Gasteiger partial charge in [0.15, 0.2) is 5.76 Å². The molecule has 0 spiro atoms. The minimum Gasteiger partial charge on any atom is -0.478 e. The van der Waals surface area contributed by atoms with E-state index in [1.54, 1.807) is 24.3 Å². The number of aromatic carboxylic acids is 1. The Morgan fingerprint density at radius 2 is 1.81 bits per heavy atom. The van der Waals surface area contributed by atoms with Crippen molar-refractivity contribution in [3.63, 3.8) is 0 Å². The number of hydrogen-bond acceptors (Lipinski definition) is 3. The van der Waals surface area contributed by atoms with Crippen LogP contribution in [-0.2, 0) is 0 Å². The van der Waals surface area contributed by atoms with Gasteiger partial charge in [0.1, 0.15) is 11.5 Å². The van der Waals surface area contributed by atoms with Crippen LogP contribution in [0.4, 0.5) is 0 Å². The molecule has 0 atom stereocenters. The number of pyridine rings is 1. The molecule has 0 radical (unpaired) electrons. The van der Waals surface area contributed by atoms with Gasteiger partial charge in [0, 0.05) is 15.4 Å². The Morgan fingerprint density at radius 1 is 1.04 bits per heavy atom. The largest absolute Gasteiger partial charge is 0.478 e. The van der Waals surface area contributed by atoms with E-state index in [1.165, 1.54) is 0 Å². The van der Waals surface area contributed by atoms with Gasteiger partial charge in [0.2, 0.25) is 0 Å². The third-order valence-electron chi connectivity index (χ3n) is 4.20. The molecule has 4 rings (SSSR count). The summed E-state index contributed by atoms with van der Waals surface area (Å²) in [6.07, 6.45) is 0. The Balaban J connectivity index is 1.84. The minimum absolute atomic E-state index is 0.208. The van der Waals surface area contributed by atoms with Crippen molar-refractivity contribution >= 4 is 32.8 Å². The van der Waals surface area contributed by atoms with E-state index in [0.29, 0.717) is 28.1 Å². The van der Waals surface area contributed by atoms with E-state index < -0.39 is 5.97 Å². The first kappa shape index (κ1) is 16.5. The standard InChI is InChI=1S/C21H14BrNO3/c1-12-6-7-14(16(22)10-12)19-8-9-20(26-19)18-11-15(21(24)25)13-4-2-3-5-17(13)23-18/h2-11H,1H3,(H,24,25). The van der Waals surface area contributed by atoms with Gasteiger partial charge in [0.05, 0.1) is 11.1 Å². The first-order valence-electron chi connectivity index (χ1n) is 8.03. The van der Waals surface area contributed by atoms with Crippen LogP contribution in [0.1, 0.15) is 15.9 Å². The average molecular weight is 408 g/mol. The molecule has 0 saturated carbocycles. The van der Waals surface area contributed by atoms with Crippen molar-refractivity contribution in [3.8, 4) is 22.8 Å². The monoisotopic (exact) mass is 407 g/mol. The van der Waals surface area contributed by atoms with Crippen molar-refractivity contribution < 1.29 is 14.3 Å². The van der Waals surface area contributed by atoms with Crippen LogP contribution in [0.2, 0.25) is 0 Å². The number of carboxylic acids is 1. The maximum Gasteiger partial charge on any atom is 0.336 e. The summed E-state index contributed by atoms with van der Waals surface area (Å²) in [5.74, 6) is 0.234. The van der Waals surface area contributed by atoms with Crippen LogP contribution in [0.25, 0.3) is 33.7 Å². The Morgan fingerprint density at radius 3 is 2.58 bits per heavy atom. The Hall–Kier alpha value is -2.92. The van der Waals surface area contributed by atoms with Gasteiger partial charge < -0.3 is 9.52 Å². The fourth-order valence-corrected chi connectivity index (χ4v) is 3.61. The summed E-state index contributed by atoms with van der Waals surface area (Å²) in [6, 6.07) is 18.4. The molecule has 1 N–H and O–H groups in total. The molecule has 0 bridgehead atoms. The van der Waals surface area contributed by atoms with E-state index in [0.717, 1.165) is 15.6 Å². The van der Waals surface area contributed by atoms with Gasteiger partial charge in [-0.2, -0.15) is 0 Å². The highest BCUT2D eigenvalue weighted by molar-refractivity contribution is 9.10. The van der Waals surface area contributed by atoms with Gasteiger partial charge in [0.25, 0.3) is 0 Å². The zero-order chi connectivity index (χ0) is 18.3. The van der Waals surface area contributed by atoms with Gasteiger partial charge in [-0.05, 0) is 48.9 Å². The van der Waals surface area contributed by atoms with E-state index in [-0.39, 0.29) is 5.56 Å². The van der Waals surface area contributed by atoms with E-state index in [1.807, 2.05) is 43.3 Å². The lowest BCUT2D eigenvalue weighted by atomic mass is 10.1. The number of aromatic nitrogens is 1. The first-order chi connectivity index (χ1) is 12.5. The second-order valence-electron chi connectivity index (χ2n) is 6.02. The highest BCUT2D eigenvalue weighted by Crippen LogP contribution is 2.34.